The van der Waals surface area contributed by atoms with Crippen LogP contribution in [0.25, 0.3) is 0 Å². The Morgan fingerprint density at radius 3 is 2.94 bits per heavy atom. The average Bonchev–Trinajstić information content (AvgIpc) is 2.26. The van der Waals surface area contributed by atoms with Gasteiger partial charge in [-0.1, -0.05) is 11.6 Å². The lowest BCUT2D eigenvalue weighted by Crippen LogP contribution is -1.99. The topological polar surface area (TPSA) is 46.5 Å². The highest BCUT2D eigenvalue weighted by atomic mass is 35.5. The fourth-order valence-electron chi connectivity index (χ4n) is 1.18. The number of methoxy groups -OCH3 is 1. The van der Waals surface area contributed by atoms with Gasteiger partial charge >= 0.3 is 5.97 Å². The minimum Gasteiger partial charge on any atom is -0.478 e. The zero-order valence-electron chi connectivity index (χ0n) is 8.90. The van der Waals surface area contributed by atoms with E-state index in [0.29, 0.717) is 11.6 Å². The van der Waals surface area contributed by atoms with Crippen molar-refractivity contribution in [2.45, 2.75) is 11.3 Å². The van der Waals surface area contributed by atoms with Gasteiger partial charge in [0.1, 0.15) is 0 Å². The van der Waals surface area contributed by atoms with Gasteiger partial charge < -0.3 is 9.84 Å². The van der Waals surface area contributed by atoms with Crippen LogP contribution < -0.4 is 0 Å². The smallest absolute Gasteiger partial charge is 0.336 e. The number of aromatic carboxylic acids is 1. The molecule has 0 fully saturated rings. The van der Waals surface area contributed by atoms with Crippen molar-refractivity contribution in [3.05, 3.63) is 28.8 Å². The predicted molar refractivity (Wildman–Crippen MR) is 65.6 cm³/mol. The molecule has 0 aromatic heterocycles. The van der Waals surface area contributed by atoms with E-state index in [1.807, 2.05) is 0 Å². The highest BCUT2D eigenvalue weighted by molar-refractivity contribution is 7.99. The molecule has 0 bridgehead atoms. The molecule has 0 heterocycles. The zero-order chi connectivity index (χ0) is 12.0. The molecule has 1 aromatic carbocycles. The van der Waals surface area contributed by atoms with Gasteiger partial charge in [-0.3, -0.25) is 0 Å². The Labute approximate surface area is 104 Å². The van der Waals surface area contributed by atoms with Crippen molar-refractivity contribution in [3.8, 4) is 0 Å². The molecular weight excluding hydrogens is 248 g/mol. The van der Waals surface area contributed by atoms with Gasteiger partial charge in [0.25, 0.3) is 0 Å². The lowest BCUT2D eigenvalue weighted by atomic mass is 10.2. The highest BCUT2D eigenvalue weighted by Gasteiger charge is 2.10. The van der Waals surface area contributed by atoms with Crippen LogP contribution in [0.3, 0.4) is 0 Å². The van der Waals surface area contributed by atoms with Crippen LogP contribution in [0, 0.1) is 0 Å². The first-order chi connectivity index (χ1) is 7.65. The Hall–Kier alpha value is -0.710. The van der Waals surface area contributed by atoms with Crippen LogP contribution in [0.1, 0.15) is 16.8 Å². The van der Waals surface area contributed by atoms with Gasteiger partial charge in [0.15, 0.2) is 0 Å². The number of carboxylic acid groups (broad SMARTS) is 1. The van der Waals surface area contributed by atoms with Gasteiger partial charge in [0, 0.05) is 29.4 Å². The largest absolute Gasteiger partial charge is 0.478 e. The average molecular weight is 261 g/mol. The Morgan fingerprint density at radius 1 is 1.56 bits per heavy atom. The number of carbonyl (C=O) groups is 1. The number of hydrogen-bond acceptors (Lipinski definition) is 3. The van der Waals surface area contributed by atoms with Crippen molar-refractivity contribution in [1.82, 2.24) is 0 Å². The molecule has 88 valence electrons. The summed E-state index contributed by atoms with van der Waals surface area (Å²) in [6.45, 7) is 0.684. The maximum atomic E-state index is 11.0. The fraction of sp³-hybridized carbons (Fsp3) is 0.364. The van der Waals surface area contributed by atoms with E-state index in [1.165, 1.54) is 17.8 Å². The molecule has 0 atom stereocenters. The second-order valence-corrected chi connectivity index (χ2v) is 4.71. The first-order valence-corrected chi connectivity index (χ1v) is 6.16. The Balaban J connectivity index is 2.67. The van der Waals surface area contributed by atoms with Crippen molar-refractivity contribution >= 4 is 29.3 Å². The van der Waals surface area contributed by atoms with E-state index in [9.17, 15) is 4.79 Å². The summed E-state index contributed by atoms with van der Waals surface area (Å²) in [6.07, 6.45) is 0.892. The minimum atomic E-state index is -0.947. The van der Waals surface area contributed by atoms with Gasteiger partial charge in [0.2, 0.25) is 0 Å². The lowest BCUT2D eigenvalue weighted by molar-refractivity contribution is 0.0693. The molecule has 0 unspecified atom stereocenters. The maximum absolute atomic E-state index is 11.0. The summed E-state index contributed by atoms with van der Waals surface area (Å²) in [5.41, 5.74) is 0.259. The number of rotatable bonds is 6. The third kappa shape index (κ3) is 4.04. The molecule has 0 aliphatic rings. The van der Waals surface area contributed by atoms with E-state index in [0.717, 1.165) is 17.1 Å². The number of hydrogen-bond donors (Lipinski definition) is 1. The molecule has 0 aliphatic heterocycles. The van der Waals surface area contributed by atoms with Crippen molar-refractivity contribution < 1.29 is 14.6 Å². The van der Waals surface area contributed by atoms with Gasteiger partial charge in [-0.2, -0.15) is 0 Å². The standard InChI is InChI=1S/C11H13ClO3S/c1-15-5-2-6-16-10-4-3-8(12)7-9(10)11(13)14/h3-4,7H,2,5-6H2,1H3,(H,13,14). The maximum Gasteiger partial charge on any atom is 0.336 e. The summed E-state index contributed by atoms with van der Waals surface area (Å²) in [4.78, 5) is 11.7. The second-order valence-electron chi connectivity index (χ2n) is 3.14. The summed E-state index contributed by atoms with van der Waals surface area (Å²) >= 11 is 7.26. The Bertz CT molecular complexity index is 368. The summed E-state index contributed by atoms with van der Waals surface area (Å²) in [7, 11) is 1.65. The monoisotopic (exact) mass is 260 g/mol. The third-order valence-corrected chi connectivity index (χ3v) is 3.32. The summed E-state index contributed by atoms with van der Waals surface area (Å²) in [5.74, 6) is -0.118. The molecule has 1 aromatic rings. The SMILES string of the molecule is COCCCSc1ccc(Cl)cc1C(=O)O. The lowest BCUT2D eigenvalue weighted by Gasteiger charge is -2.05. The first kappa shape index (κ1) is 13.4. The normalized spacial score (nSPS) is 10.4. The molecule has 0 aliphatic carbocycles. The van der Waals surface area contributed by atoms with Crippen molar-refractivity contribution in [2.24, 2.45) is 0 Å². The second kappa shape index (κ2) is 6.78. The first-order valence-electron chi connectivity index (χ1n) is 4.79. The molecule has 16 heavy (non-hydrogen) atoms. The van der Waals surface area contributed by atoms with Gasteiger partial charge in [-0.15, -0.1) is 11.8 Å². The van der Waals surface area contributed by atoms with Crippen LogP contribution in [-0.2, 0) is 4.74 Å². The van der Waals surface area contributed by atoms with E-state index in [2.05, 4.69) is 0 Å². The third-order valence-electron chi connectivity index (χ3n) is 1.92. The number of halogens is 1. The summed E-state index contributed by atoms with van der Waals surface area (Å²) < 4.78 is 4.93. The van der Waals surface area contributed by atoms with Crippen LogP contribution in [0.4, 0.5) is 0 Å². The van der Waals surface area contributed by atoms with E-state index in [4.69, 9.17) is 21.4 Å². The van der Waals surface area contributed by atoms with E-state index >= 15 is 0 Å². The van der Waals surface area contributed by atoms with Gasteiger partial charge in [-0.05, 0) is 24.6 Å². The van der Waals surface area contributed by atoms with Gasteiger partial charge in [-0.25, -0.2) is 4.79 Å². The van der Waals surface area contributed by atoms with Crippen molar-refractivity contribution in [3.63, 3.8) is 0 Å². The number of thioether (sulfide) groups is 1. The Morgan fingerprint density at radius 2 is 2.31 bits per heavy atom. The zero-order valence-corrected chi connectivity index (χ0v) is 10.5. The number of ether oxygens (including phenoxy) is 1. The van der Waals surface area contributed by atoms with Crippen LogP contribution in [0.2, 0.25) is 5.02 Å². The molecule has 3 nitrogen and oxygen atoms in total. The Kier molecular flexibility index (Phi) is 5.66. The molecule has 0 saturated heterocycles. The number of benzene rings is 1. The molecule has 0 radical (unpaired) electrons. The molecule has 1 rings (SSSR count). The molecule has 1 N–H and O–H groups in total. The van der Waals surface area contributed by atoms with E-state index in [1.54, 1.807) is 19.2 Å². The number of carboxylic acids is 1. The van der Waals surface area contributed by atoms with Crippen LogP contribution in [0.15, 0.2) is 23.1 Å². The van der Waals surface area contributed by atoms with Crippen LogP contribution in [-0.4, -0.2) is 30.5 Å². The molecule has 0 spiro atoms. The highest BCUT2D eigenvalue weighted by Crippen LogP contribution is 2.26. The molecular formula is C11H13ClO3S. The van der Waals surface area contributed by atoms with Crippen molar-refractivity contribution in [2.75, 3.05) is 19.5 Å². The molecule has 0 saturated carbocycles. The van der Waals surface area contributed by atoms with Crippen molar-refractivity contribution in [1.29, 1.82) is 0 Å². The molecule has 0 amide bonds. The van der Waals surface area contributed by atoms with Crippen LogP contribution >= 0.6 is 23.4 Å². The van der Waals surface area contributed by atoms with E-state index < -0.39 is 5.97 Å². The summed E-state index contributed by atoms with van der Waals surface area (Å²) in [6, 6.07) is 4.92. The summed E-state index contributed by atoms with van der Waals surface area (Å²) in [5, 5.41) is 9.44. The quantitative estimate of drug-likeness (QED) is 0.630. The minimum absolute atomic E-state index is 0.259. The van der Waals surface area contributed by atoms with Crippen LogP contribution in [0.5, 0.6) is 0 Å². The van der Waals surface area contributed by atoms with Gasteiger partial charge in [0.05, 0.1) is 5.56 Å². The molecule has 5 heteroatoms. The fourth-order valence-corrected chi connectivity index (χ4v) is 2.30. The predicted octanol–water partition coefficient (Wildman–Crippen LogP) is 3.17. The van der Waals surface area contributed by atoms with E-state index in [-0.39, 0.29) is 5.56 Å².